The summed E-state index contributed by atoms with van der Waals surface area (Å²) in [5.41, 5.74) is 7.60. The van der Waals surface area contributed by atoms with Gasteiger partial charge in [-0.05, 0) is 43.5 Å². The third kappa shape index (κ3) is 4.93. The zero-order chi connectivity index (χ0) is 16.1. The van der Waals surface area contributed by atoms with Crippen molar-refractivity contribution in [3.63, 3.8) is 0 Å². The van der Waals surface area contributed by atoms with Crippen molar-refractivity contribution >= 4 is 29.9 Å². The fourth-order valence-corrected chi connectivity index (χ4v) is 2.65. The van der Waals surface area contributed by atoms with Crippen molar-refractivity contribution in [2.45, 2.75) is 25.7 Å². The minimum absolute atomic E-state index is 0. The molecule has 1 aromatic carbocycles. The van der Waals surface area contributed by atoms with Crippen molar-refractivity contribution < 1.29 is 8.81 Å². The molecule has 0 saturated carbocycles. The number of oxazole rings is 1. The average molecular weight is 444 g/mol. The molecule has 2 aromatic rings. The van der Waals surface area contributed by atoms with Crippen molar-refractivity contribution in [1.29, 1.82) is 0 Å². The van der Waals surface area contributed by atoms with E-state index in [1.807, 2.05) is 0 Å². The van der Waals surface area contributed by atoms with Gasteiger partial charge in [-0.25, -0.2) is 9.37 Å². The van der Waals surface area contributed by atoms with Gasteiger partial charge in [0.2, 0.25) is 5.89 Å². The van der Waals surface area contributed by atoms with Crippen molar-refractivity contribution in [3.05, 3.63) is 42.0 Å². The Balaban J connectivity index is 0.00000208. The Bertz CT molecular complexity index is 665. The zero-order valence-corrected chi connectivity index (χ0v) is 15.8. The van der Waals surface area contributed by atoms with Crippen LogP contribution in [0.3, 0.4) is 0 Å². The van der Waals surface area contributed by atoms with Crippen LogP contribution in [0.4, 0.5) is 4.39 Å². The molecule has 0 amide bonds. The first kappa shape index (κ1) is 18.7. The Kier molecular flexibility index (Phi) is 7.01. The summed E-state index contributed by atoms with van der Waals surface area (Å²) in [6.45, 7) is 2.57. The van der Waals surface area contributed by atoms with Crippen LogP contribution in [0.15, 0.2) is 39.9 Å². The fraction of sp³-hybridized carbons (Fsp3) is 0.412. The third-order valence-corrected chi connectivity index (χ3v) is 3.96. The van der Waals surface area contributed by atoms with Crippen LogP contribution in [-0.4, -0.2) is 35.5 Å². The van der Waals surface area contributed by atoms with E-state index in [0.29, 0.717) is 24.8 Å². The first-order chi connectivity index (χ1) is 11.2. The number of guanidine groups is 1. The molecule has 0 atom stereocenters. The Labute approximate surface area is 158 Å². The highest BCUT2D eigenvalue weighted by Gasteiger charge is 2.12. The second-order valence-corrected chi connectivity index (χ2v) is 5.69. The molecule has 1 aromatic heterocycles. The Morgan fingerprint density at radius 3 is 2.62 bits per heavy atom. The number of hydrogen-bond donors (Lipinski definition) is 1. The molecule has 3 rings (SSSR count). The maximum atomic E-state index is 12.9. The van der Waals surface area contributed by atoms with Gasteiger partial charge in [-0.15, -0.1) is 24.0 Å². The summed E-state index contributed by atoms with van der Waals surface area (Å²) >= 11 is 0. The number of nitrogens with two attached hydrogens (primary N) is 1. The van der Waals surface area contributed by atoms with E-state index in [9.17, 15) is 4.39 Å². The highest BCUT2D eigenvalue weighted by Crippen LogP contribution is 2.19. The Morgan fingerprint density at radius 1 is 1.21 bits per heavy atom. The molecule has 0 spiro atoms. The Morgan fingerprint density at radius 2 is 1.92 bits per heavy atom. The first-order valence-corrected chi connectivity index (χ1v) is 7.97. The Hall–Kier alpha value is -1.64. The van der Waals surface area contributed by atoms with Gasteiger partial charge < -0.3 is 15.1 Å². The van der Waals surface area contributed by atoms with Gasteiger partial charge in [0.25, 0.3) is 0 Å². The molecule has 0 radical (unpaired) electrons. The van der Waals surface area contributed by atoms with Crippen molar-refractivity contribution in [1.82, 2.24) is 9.88 Å². The van der Waals surface area contributed by atoms with Crippen molar-refractivity contribution in [2.24, 2.45) is 10.7 Å². The molecule has 1 aliphatic heterocycles. The lowest BCUT2D eigenvalue weighted by molar-refractivity contribution is 0.338. The maximum absolute atomic E-state index is 12.9. The second kappa shape index (κ2) is 9.00. The van der Waals surface area contributed by atoms with E-state index < -0.39 is 0 Å². The van der Waals surface area contributed by atoms with E-state index in [2.05, 4.69) is 14.9 Å². The van der Waals surface area contributed by atoms with Crippen LogP contribution in [0.2, 0.25) is 0 Å². The second-order valence-electron chi connectivity index (χ2n) is 5.69. The van der Waals surface area contributed by atoms with Gasteiger partial charge in [0.05, 0.1) is 5.69 Å². The lowest BCUT2D eigenvalue weighted by Crippen LogP contribution is -2.41. The van der Waals surface area contributed by atoms with Crippen LogP contribution >= 0.6 is 24.0 Å². The van der Waals surface area contributed by atoms with E-state index in [0.717, 1.165) is 24.3 Å². The molecule has 1 aliphatic rings. The number of rotatable bonds is 4. The third-order valence-electron chi connectivity index (χ3n) is 3.96. The van der Waals surface area contributed by atoms with E-state index >= 15 is 0 Å². The molecule has 0 unspecified atom stereocenters. The monoisotopic (exact) mass is 444 g/mol. The van der Waals surface area contributed by atoms with Crippen LogP contribution in [0.25, 0.3) is 11.5 Å². The van der Waals surface area contributed by atoms with Gasteiger partial charge in [-0.2, -0.15) is 0 Å². The van der Waals surface area contributed by atoms with Crippen LogP contribution < -0.4 is 5.73 Å². The molecule has 7 heteroatoms. The molecule has 5 nitrogen and oxygen atoms in total. The summed E-state index contributed by atoms with van der Waals surface area (Å²) in [6.07, 6.45) is 5.92. The van der Waals surface area contributed by atoms with Crippen LogP contribution in [0.5, 0.6) is 0 Å². The predicted molar refractivity (Wildman–Crippen MR) is 103 cm³/mol. The summed E-state index contributed by atoms with van der Waals surface area (Å²) in [6, 6.07) is 6.08. The molecule has 2 heterocycles. The number of likely N-dealkylation sites (tertiary alicyclic amines) is 1. The van der Waals surface area contributed by atoms with Gasteiger partial charge in [0.1, 0.15) is 12.1 Å². The lowest BCUT2D eigenvalue weighted by Gasteiger charge is -2.27. The van der Waals surface area contributed by atoms with Crippen LogP contribution in [0, 0.1) is 5.82 Å². The maximum Gasteiger partial charge on any atom is 0.226 e. The van der Waals surface area contributed by atoms with Crippen molar-refractivity contribution in [2.75, 3.05) is 19.6 Å². The molecule has 2 N–H and O–H groups in total. The summed E-state index contributed by atoms with van der Waals surface area (Å²) in [5.74, 6) is 0.836. The standard InChI is InChI=1S/C17H21FN4O.HI/c18-14-6-4-13(5-7-14)16-21-15(12-23-16)8-9-20-17(19)22-10-2-1-3-11-22;/h4-7,12H,1-3,8-11H2,(H2,19,20);1H. The minimum Gasteiger partial charge on any atom is -0.444 e. The quantitative estimate of drug-likeness (QED) is 0.446. The van der Waals surface area contributed by atoms with Gasteiger partial charge in [-0.3, -0.25) is 4.99 Å². The number of piperidine rings is 1. The average Bonchev–Trinajstić information content (AvgIpc) is 3.05. The van der Waals surface area contributed by atoms with Crippen LogP contribution in [-0.2, 0) is 6.42 Å². The highest BCUT2D eigenvalue weighted by molar-refractivity contribution is 14.0. The molecular formula is C17H22FIN4O. The van der Waals surface area contributed by atoms with E-state index in [1.165, 1.54) is 31.4 Å². The van der Waals surface area contributed by atoms with E-state index in [4.69, 9.17) is 10.2 Å². The largest absolute Gasteiger partial charge is 0.444 e. The summed E-state index contributed by atoms with van der Waals surface area (Å²) in [7, 11) is 0. The van der Waals surface area contributed by atoms with Crippen LogP contribution in [0.1, 0.15) is 25.0 Å². The van der Waals surface area contributed by atoms with Gasteiger partial charge in [0.15, 0.2) is 5.96 Å². The highest BCUT2D eigenvalue weighted by atomic mass is 127. The first-order valence-electron chi connectivity index (χ1n) is 7.97. The molecule has 0 aliphatic carbocycles. The normalized spacial score (nSPS) is 15.2. The molecule has 24 heavy (non-hydrogen) atoms. The van der Waals surface area contributed by atoms with Crippen molar-refractivity contribution in [3.8, 4) is 11.5 Å². The smallest absolute Gasteiger partial charge is 0.226 e. The number of nitrogens with zero attached hydrogens (tertiary/aromatic N) is 3. The predicted octanol–water partition coefficient (Wildman–Crippen LogP) is 3.44. The van der Waals surface area contributed by atoms with Gasteiger partial charge >= 0.3 is 0 Å². The molecule has 1 fully saturated rings. The number of halogens is 2. The number of hydrogen-bond acceptors (Lipinski definition) is 3. The SMILES string of the molecule is I.NC(=NCCc1coc(-c2ccc(F)cc2)n1)N1CCCCC1. The van der Waals surface area contributed by atoms with E-state index in [-0.39, 0.29) is 29.8 Å². The number of aliphatic imine (C=N–C) groups is 1. The number of aromatic nitrogens is 1. The molecule has 1 saturated heterocycles. The topological polar surface area (TPSA) is 67.6 Å². The molecule has 130 valence electrons. The fourth-order valence-electron chi connectivity index (χ4n) is 2.65. The summed E-state index contributed by atoms with van der Waals surface area (Å²) in [4.78, 5) is 11.0. The number of benzene rings is 1. The minimum atomic E-state index is -0.275. The zero-order valence-electron chi connectivity index (χ0n) is 13.4. The summed E-state index contributed by atoms with van der Waals surface area (Å²) in [5, 5.41) is 0. The lowest BCUT2D eigenvalue weighted by atomic mass is 10.1. The summed E-state index contributed by atoms with van der Waals surface area (Å²) < 4.78 is 18.4. The van der Waals surface area contributed by atoms with Gasteiger partial charge in [-0.1, -0.05) is 0 Å². The van der Waals surface area contributed by atoms with Gasteiger partial charge in [0, 0.05) is 31.6 Å². The molecular weight excluding hydrogens is 422 g/mol. The molecule has 0 bridgehead atoms. The van der Waals surface area contributed by atoms with E-state index in [1.54, 1.807) is 18.4 Å².